The van der Waals surface area contributed by atoms with Crippen LogP contribution < -0.4 is 16.0 Å². The minimum Gasteiger partial charge on any atom is -0.399 e. The van der Waals surface area contributed by atoms with Crippen molar-refractivity contribution in [3.8, 4) is 0 Å². The number of nitrogen functional groups attached to an aromatic ring is 1. The van der Waals surface area contributed by atoms with E-state index in [1.54, 1.807) is 24.3 Å². The first-order valence-electron chi connectivity index (χ1n) is 6.97. The lowest BCUT2D eigenvalue weighted by atomic mass is 10.1. The van der Waals surface area contributed by atoms with Crippen LogP contribution in [0.3, 0.4) is 0 Å². The van der Waals surface area contributed by atoms with Gasteiger partial charge in [0.05, 0.1) is 5.69 Å². The van der Waals surface area contributed by atoms with Gasteiger partial charge in [-0.05, 0) is 36.8 Å². The summed E-state index contributed by atoms with van der Waals surface area (Å²) in [4.78, 5) is 25.2. The summed E-state index contributed by atoms with van der Waals surface area (Å²) in [6, 6.07) is 14.0. The first kappa shape index (κ1) is 15.6. The van der Waals surface area contributed by atoms with Crippen molar-refractivity contribution in [2.24, 2.45) is 0 Å². The molecule has 2 rings (SSSR count). The number of benzene rings is 2. The van der Waals surface area contributed by atoms with Gasteiger partial charge in [0.2, 0.25) is 5.91 Å². The maximum atomic E-state index is 12.3. The van der Waals surface area contributed by atoms with Crippen LogP contribution in [0.2, 0.25) is 0 Å². The van der Waals surface area contributed by atoms with Gasteiger partial charge >= 0.3 is 6.03 Å². The molecule has 0 aromatic heterocycles. The highest BCUT2D eigenvalue weighted by atomic mass is 16.2. The zero-order chi connectivity index (χ0) is 16.1. The van der Waals surface area contributed by atoms with Crippen LogP contribution in [-0.2, 0) is 11.3 Å². The SMILES string of the molecule is CC(=O)N(C(=O)NCc1cccc(C)c1)c1ccc(N)cc1. The Morgan fingerprint density at radius 3 is 2.41 bits per heavy atom. The Labute approximate surface area is 129 Å². The summed E-state index contributed by atoms with van der Waals surface area (Å²) in [5.74, 6) is -0.355. The van der Waals surface area contributed by atoms with Crippen LogP contribution in [0.25, 0.3) is 0 Å². The molecule has 5 heteroatoms. The number of nitrogens with zero attached hydrogens (tertiary/aromatic N) is 1. The van der Waals surface area contributed by atoms with Crippen molar-refractivity contribution < 1.29 is 9.59 Å². The summed E-state index contributed by atoms with van der Waals surface area (Å²) in [5.41, 5.74) is 8.79. The molecule has 0 radical (unpaired) electrons. The smallest absolute Gasteiger partial charge is 0.329 e. The summed E-state index contributed by atoms with van der Waals surface area (Å²) in [7, 11) is 0. The number of hydrogen-bond donors (Lipinski definition) is 2. The molecule has 0 saturated heterocycles. The zero-order valence-electron chi connectivity index (χ0n) is 12.7. The zero-order valence-corrected chi connectivity index (χ0v) is 12.7. The molecule has 5 nitrogen and oxygen atoms in total. The van der Waals surface area contributed by atoms with Crippen LogP contribution in [0.5, 0.6) is 0 Å². The Hall–Kier alpha value is -2.82. The highest BCUT2D eigenvalue weighted by Crippen LogP contribution is 2.17. The molecule has 0 heterocycles. The Morgan fingerprint density at radius 2 is 1.82 bits per heavy atom. The minimum absolute atomic E-state index is 0.355. The van der Waals surface area contributed by atoms with Crippen LogP contribution in [0, 0.1) is 6.92 Å². The van der Waals surface area contributed by atoms with Crippen molar-refractivity contribution in [2.45, 2.75) is 20.4 Å². The normalized spacial score (nSPS) is 10.1. The number of carbonyl (C=O) groups excluding carboxylic acids is 2. The van der Waals surface area contributed by atoms with Gasteiger partial charge in [0.1, 0.15) is 0 Å². The van der Waals surface area contributed by atoms with Crippen LogP contribution in [0.1, 0.15) is 18.1 Å². The predicted molar refractivity (Wildman–Crippen MR) is 87.4 cm³/mol. The average molecular weight is 297 g/mol. The molecule has 0 aliphatic heterocycles. The van der Waals surface area contributed by atoms with E-state index >= 15 is 0 Å². The molecule has 0 aliphatic rings. The van der Waals surface area contributed by atoms with E-state index in [9.17, 15) is 9.59 Å². The molecular weight excluding hydrogens is 278 g/mol. The maximum absolute atomic E-state index is 12.3. The molecule has 0 bridgehead atoms. The topological polar surface area (TPSA) is 75.4 Å². The molecule has 3 amide bonds. The van der Waals surface area contributed by atoms with Crippen molar-refractivity contribution in [2.75, 3.05) is 10.6 Å². The van der Waals surface area contributed by atoms with Gasteiger partial charge in [0.15, 0.2) is 0 Å². The number of nitrogens with one attached hydrogen (secondary N) is 1. The molecule has 0 spiro atoms. The first-order valence-corrected chi connectivity index (χ1v) is 6.97. The molecule has 0 fully saturated rings. The largest absolute Gasteiger partial charge is 0.399 e. The molecule has 2 aromatic carbocycles. The quantitative estimate of drug-likeness (QED) is 0.855. The minimum atomic E-state index is -0.459. The number of imide groups is 1. The van der Waals surface area contributed by atoms with Crippen LogP contribution in [0.4, 0.5) is 16.2 Å². The number of urea groups is 1. The third-order valence-corrected chi connectivity index (χ3v) is 3.20. The molecular formula is C17H19N3O2. The van der Waals surface area contributed by atoms with Gasteiger partial charge in [-0.25, -0.2) is 9.69 Å². The summed E-state index contributed by atoms with van der Waals surface area (Å²) >= 11 is 0. The molecule has 0 aliphatic carbocycles. The number of aryl methyl sites for hydroxylation is 1. The fourth-order valence-electron chi connectivity index (χ4n) is 2.14. The van der Waals surface area contributed by atoms with Gasteiger partial charge in [-0.2, -0.15) is 0 Å². The lowest BCUT2D eigenvalue weighted by Crippen LogP contribution is -2.42. The molecule has 0 saturated carbocycles. The summed E-state index contributed by atoms with van der Waals surface area (Å²) in [5, 5.41) is 2.76. The molecule has 114 valence electrons. The maximum Gasteiger partial charge on any atom is 0.329 e. The highest BCUT2D eigenvalue weighted by molar-refractivity contribution is 6.13. The fourth-order valence-corrected chi connectivity index (χ4v) is 2.14. The van der Waals surface area contributed by atoms with E-state index in [1.807, 2.05) is 31.2 Å². The van der Waals surface area contributed by atoms with Crippen molar-refractivity contribution in [1.82, 2.24) is 5.32 Å². The van der Waals surface area contributed by atoms with E-state index in [-0.39, 0.29) is 5.91 Å². The standard InChI is InChI=1S/C17H19N3O2/c1-12-4-3-5-14(10-12)11-19-17(22)20(13(2)21)16-8-6-15(18)7-9-16/h3-10H,11,18H2,1-2H3,(H,19,22). The number of carbonyl (C=O) groups is 2. The second-order valence-corrected chi connectivity index (χ2v) is 5.09. The Morgan fingerprint density at radius 1 is 1.14 bits per heavy atom. The Bertz CT molecular complexity index is 681. The van der Waals surface area contributed by atoms with Gasteiger partial charge in [0, 0.05) is 19.2 Å². The third-order valence-electron chi connectivity index (χ3n) is 3.20. The van der Waals surface area contributed by atoms with Crippen LogP contribution >= 0.6 is 0 Å². The van der Waals surface area contributed by atoms with Crippen molar-refractivity contribution in [3.63, 3.8) is 0 Å². The lowest BCUT2D eigenvalue weighted by Gasteiger charge is -2.20. The molecule has 22 heavy (non-hydrogen) atoms. The molecule has 0 atom stereocenters. The first-order chi connectivity index (χ1) is 10.5. The second kappa shape index (κ2) is 6.76. The monoisotopic (exact) mass is 297 g/mol. The van der Waals surface area contributed by atoms with E-state index < -0.39 is 6.03 Å². The summed E-state index contributed by atoms with van der Waals surface area (Å²) in [6.45, 7) is 3.70. The Balaban J connectivity index is 2.10. The van der Waals surface area contributed by atoms with Crippen molar-refractivity contribution >= 4 is 23.3 Å². The predicted octanol–water partition coefficient (Wildman–Crippen LogP) is 2.84. The number of amides is 3. The Kier molecular flexibility index (Phi) is 4.78. The van der Waals surface area contributed by atoms with Gasteiger partial charge < -0.3 is 11.1 Å². The van der Waals surface area contributed by atoms with E-state index in [1.165, 1.54) is 6.92 Å². The summed E-state index contributed by atoms with van der Waals surface area (Å²) < 4.78 is 0. The molecule has 3 N–H and O–H groups in total. The van der Waals surface area contributed by atoms with Gasteiger partial charge in [-0.3, -0.25) is 4.79 Å². The van der Waals surface area contributed by atoms with Crippen molar-refractivity contribution in [1.29, 1.82) is 0 Å². The van der Waals surface area contributed by atoms with Crippen LogP contribution in [0.15, 0.2) is 48.5 Å². The summed E-state index contributed by atoms with van der Waals surface area (Å²) in [6.07, 6.45) is 0. The highest BCUT2D eigenvalue weighted by Gasteiger charge is 2.19. The van der Waals surface area contributed by atoms with Crippen molar-refractivity contribution in [3.05, 3.63) is 59.7 Å². The average Bonchev–Trinajstić information content (AvgIpc) is 2.47. The number of rotatable bonds is 3. The van der Waals surface area contributed by atoms with Gasteiger partial charge in [0.25, 0.3) is 0 Å². The van der Waals surface area contributed by atoms with E-state index in [4.69, 9.17) is 5.73 Å². The fraction of sp³-hybridized carbons (Fsp3) is 0.176. The third kappa shape index (κ3) is 3.85. The van der Waals surface area contributed by atoms with Gasteiger partial charge in [-0.15, -0.1) is 0 Å². The molecule has 0 unspecified atom stereocenters. The molecule has 2 aromatic rings. The number of anilines is 2. The number of nitrogens with two attached hydrogens (primary N) is 1. The number of hydrogen-bond acceptors (Lipinski definition) is 3. The van der Waals surface area contributed by atoms with E-state index in [0.717, 1.165) is 16.0 Å². The lowest BCUT2D eigenvalue weighted by molar-refractivity contribution is -0.115. The van der Waals surface area contributed by atoms with Crippen LogP contribution in [-0.4, -0.2) is 11.9 Å². The van der Waals surface area contributed by atoms with E-state index in [0.29, 0.717) is 17.9 Å². The van der Waals surface area contributed by atoms with E-state index in [2.05, 4.69) is 5.32 Å². The van der Waals surface area contributed by atoms with Gasteiger partial charge in [-0.1, -0.05) is 29.8 Å². The second-order valence-electron chi connectivity index (χ2n) is 5.09.